The Bertz CT molecular complexity index is 552. The van der Waals surface area contributed by atoms with Gasteiger partial charge in [0.05, 0.1) is 0 Å². The zero-order chi connectivity index (χ0) is 15.5. The van der Waals surface area contributed by atoms with Crippen LogP contribution in [0.1, 0.15) is 17.9 Å². The number of carbonyl (C=O) groups excluding carboxylic acids is 1. The Balaban J connectivity index is 0.00000192. The Kier molecular flexibility index (Phi) is 6.33. The molecule has 1 aliphatic heterocycles. The van der Waals surface area contributed by atoms with Gasteiger partial charge >= 0.3 is 0 Å². The van der Waals surface area contributed by atoms with Gasteiger partial charge in [-0.05, 0) is 24.0 Å². The Morgan fingerprint density at radius 3 is 2.74 bits per heavy atom. The van der Waals surface area contributed by atoms with Crippen molar-refractivity contribution in [3.05, 3.63) is 35.4 Å². The Labute approximate surface area is 141 Å². The van der Waals surface area contributed by atoms with E-state index in [1.807, 2.05) is 0 Å². The highest BCUT2D eigenvalue weighted by Crippen LogP contribution is 2.48. The van der Waals surface area contributed by atoms with Gasteiger partial charge in [-0.3, -0.25) is 9.69 Å². The summed E-state index contributed by atoms with van der Waals surface area (Å²) in [5, 5.41) is 6.21. The Morgan fingerprint density at radius 2 is 2.04 bits per heavy atom. The van der Waals surface area contributed by atoms with Crippen molar-refractivity contribution in [1.82, 2.24) is 15.5 Å². The second kappa shape index (κ2) is 8.04. The molecule has 3 rings (SSSR count). The van der Waals surface area contributed by atoms with Crippen molar-refractivity contribution >= 4 is 18.3 Å². The molecule has 0 bridgehead atoms. The maximum atomic E-state index is 13.7. The van der Waals surface area contributed by atoms with Crippen molar-refractivity contribution in [2.75, 3.05) is 39.3 Å². The van der Waals surface area contributed by atoms with Crippen molar-refractivity contribution in [3.63, 3.8) is 0 Å². The average molecular weight is 346 g/mol. The number of piperazine rings is 1. The lowest BCUT2D eigenvalue weighted by atomic mass is 10.1. The van der Waals surface area contributed by atoms with Crippen LogP contribution in [0.4, 0.5) is 8.78 Å². The van der Waals surface area contributed by atoms with Crippen LogP contribution >= 0.6 is 12.4 Å². The second-order valence-electron chi connectivity index (χ2n) is 6.00. The van der Waals surface area contributed by atoms with E-state index < -0.39 is 11.6 Å². The number of halogens is 3. The van der Waals surface area contributed by atoms with Crippen LogP contribution in [0.2, 0.25) is 0 Å². The molecule has 7 heteroatoms. The standard InChI is InChI=1S/C16H21F2N3O.ClH/c17-11-1-2-12(15(18)9-11)13-10-14(13)16(22)20-5-8-21-6-3-19-4-7-21;/h1-2,9,13-14,19H,3-8,10H2,(H,20,22);1H. The predicted octanol–water partition coefficient (Wildman–Crippen LogP) is 1.51. The van der Waals surface area contributed by atoms with Gasteiger partial charge in [0.25, 0.3) is 0 Å². The number of amides is 1. The molecule has 128 valence electrons. The summed E-state index contributed by atoms with van der Waals surface area (Å²) in [5.74, 6) is -1.45. The van der Waals surface area contributed by atoms with E-state index >= 15 is 0 Å². The van der Waals surface area contributed by atoms with Gasteiger partial charge in [-0.15, -0.1) is 12.4 Å². The normalized spacial score (nSPS) is 23.9. The summed E-state index contributed by atoms with van der Waals surface area (Å²) in [5.41, 5.74) is 0.448. The molecule has 1 saturated heterocycles. The van der Waals surface area contributed by atoms with Gasteiger partial charge in [-0.2, -0.15) is 0 Å². The molecule has 0 aromatic heterocycles. The van der Waals surface area contributed by atoms with Gasteiger partial charge in [0.2, 0.25) is 5.91 Å². The quantitative estimate of drug-likeness (QED) is 0.850. The summed E-state index contributed by atoms with van der Waals surface area (Å²) in [4.78, 5) is 14.4. The molecule has 1 aromatic carbocycles. The lowest BCUT2D eigenvalue weighted by Crippen LogP contribution is -2.46. The fraction of sp³-hybridized carbons (Fsp3) is 0.562. The molecule has 2 atom stereocenters. The molecule has 1 aliphatic carbocycles. The third-order valence-corrected chi connectivity index (χ3v) is 4.43. The minimum absolute atomic E-state index is 0. The smallest absolute Gasteiger partial charge is 0.223 e. The molecule has 23 heavy (non-hydrogen) atoms. The fourth-order valence-electron chi connectivity index (χ4n) is 3.03. The maximum absolute atomic E-state index is 13.7. The first kappa shape index (κ1) is 18.1. The first-order valence-electron chi connectivity index (χ1n) is 7.81. The van der Waals surface area contributed by atoms with Crippen molar-refractivity contribution < 1.29 is 13.6 Å². The molecule has 2 unspecified atom stereocenters. The maximum Gasteiger partial charge on any atom is 0.223 e. The number of nitrogens with one attached hydrogen (secondary N) is 2. The van der Waals surface area contributed by atoms with E-state index in [-0.39, 0.29) is 30.2 Å². The SMILES string of the molecule is Cl.O=C(NCCN1CCNCC1)C1CC1c1ccc(F)cc1F. The molecular formula is C16H22ClF2N3O. The van der Waals surface area contributed by atoms with E-state index in [4.69, 9.17) is 0 Å². The molecule has 1 aromatic rings. The van der Waals surface area contributed by atoms with Crippen LogP contribution in [0.5, 0.6) is 0 Å². The third kappa shape index (κ3) is 4.62. The van der Waals surface area contributed by atoms with Gasteiger partial charge in [0.1, 0.15) is 11.6 Å². The zero-order valence-electron chi connectivity index (χ0n) is 12.9. The molecular weight excluding hydrogens is 324 g/mol. The van der Waals surface area contributed by atoms with Crippen LogP contribution in [0.3, 0.4) is 0 Å². The van der Waals surface area contributed by atoms with Crippen LogP contribution in [-0.4, -0.2) is 50.1 Å². The Hall–Kier alpha value is -1.24. The predicted molar refractivity (Wildman–Crippen MR) is 86.8 cm³/mol. The number of rotatable bonds is 5. The average Bonchev–Trinajstić information content (AvgIpc) is 3.28. The third-order valence-electron chi connectivity index (χ3n) is 4.43. The van der Waals surface area contributed by atoms with Crippen LogP contribution in [0.25, 0.3) is 0 Å². The summed E-state index contributed by atoms with van der Waals surface area (Å²) in [6, 6.07) is 3.58. The molecule has 1 amide bonds. The van der Waals surface area contributed by atoms with E-state index in [0.717, 1.165) is 38.8 Å². The van der Waals surface area contributed by atoms with E-state index in [1.54, 1.807) is 0 Å². The van der Waals surface area contributed by atoms with Gasteiger partial charge in [0, 0.05) is 51.3 Å². The number of benzene rings is 1. The van der Waals surface area contributed by atoms with Crippen molar-refractivity contribution in [2.24, 2.45) is 5.92 Å². The van der Waals surface area contributed by atoms with Gasteiger partial charge in [-0.1, -0.05) is 6.07 Å². The lowest BCUT2D eigenvalue weighted by Gasteiger charge is -2.27. The second-order valence-corrected chi connectivity index (χ2v) is 6.00. The van der Waals surface area contributed by atoms with Crippen LogP contribution in [-0.2, 0) is 4.79 Å². The molecule has 1 saturated carbocycles. The highest BCUT2D eigenvalue weighted by molar-refractivity contribution is 5.85. The zero-order valence-corrected chi connectivity index (χ0v) is 13.7. The lowest BCUT2D eigenvalue weighted by molar-refractivity contribution is -0.122. The number of hydrogen-bond acceptors (Lipinski definition) is 3. The monoisotopic (exact) mass is 345 g/mol. The highest BCUT2D eigenvalue weighted by atomic mass is 35.5. The van der Waals surface area contributed by atoms with Gasteiger partial charge in [0.15, 0.2) is 0 Å². The number of nitrogens with zero attached hydrogens (tertiary/aromatic N) is 1. The summed E-state index contributed by atoms with van der Waals surface area (Å²) in [6.45, 7) is 5.44. The molecule has 2 aliphatic rings. The van der Waals surface area contributed by atoms with Crippen molar-refractivity contribution in [2.45, 2.75) is 12.3 Å². The van der Waals surface area contributed by atoms with Crippen LogP contribution < -0.4 is 10.6 Å². The molecule has 2 N–H and O–H groups in total. The van der Waals surface area contributed by atoms with E-state index in [0.29, 0.717) is 18.5 Å². The summed E-state index contributed by atoms with van der Waals surface area (Å²) in [6.07, 6.45) is 0.641. The molecule has 4 nitrogen and oxygen atoms in total. The minimum atomic E-state index is -0.584. The largest absolute Gasteiger partial charge is 0.355 e. The van der Waals surface area contributed by atoms with Crippen LogP contribution in [0, 0.1) is 17.6 Å². The van der Waals surface area contributed by atoms with Crippen molar-refractivity contribution in [1.29, 1.82) is 0 Å². The van der Waals surface area contributed by atoms with Crippen LogP contribution in [0.15, 0.2) is 18.2 Å². The van der Waals surface area contributed by atoms with E-state index in [1.165, 1.54) is 12.1 Å². The summed E-state index contributed by atoms with van der Waals surface area (Å²) < 4.78 is 26.6. The van der Waals surface area contributed by atoms with E-state index in [9.17, 15) is 13.6 Å². The highest BCUT2D eigenvalue weighted by Gasteiger charge is 2.45. The molecule has 0 radical (unpaired) electrons. The molecule has 0 spiro atoms. The topological polar surface area (TPSA) is 44.4 Å². The Morgan fingerprint density at radius 1 is 1.30 bits per heavy atom. The van der Waals surface area contributed by atoms with Gasteiger partial charge in [-0.25, -0.2) is 8.78 Å². The number of hydrogen-bond donors (Lipinski definition) is 2. The molecule has 1 heterocycles. The fourth-order valence-corrected chi connectivity index (χ4v) is 3.03. The minimum Gasteiger partial charge on any atom is -0.355 e. The van der Waals surface area contributed by atoms with Crippen molar-refractivity contribution in [3.8, 4) is 0 Å². The number of carbonyl (C=O) groups is 1. The van der Waals surface area contributed by atoms with E-state index in [2.05, 4.69) is 15.5 Å². The first-order chi connectivity index (χ1) is 10.6. The molecule has 2 fully saturated rings. The van der Waals surface area contributed by atoms with Gasteiger partial charge < -0.3 is 10.6 Å². The summed E-state index contributed by atoms with van der Waals surface area (Å²) in [7, 11) is 0. The summed E-state index contributed by atoms with van der Waals surface area (Å²) >= 11 is 0. The first-order valence-corrected chi connectivity index (χ1v) is 7.81.